The van der Waals surface area contributed by atoms with E-state index in [1.54, 1.807) is 0 Å². The highest BCUT2D eigenvalue weighted by Gasteiger charge is 2.21. The molecule has 0 fully saturated rings. The molecular formula is C6H15ClSi. The lowest BCUT2D eigenvalue weighted by Crippen LogP contribution is -2.27. The van der Waals surface area contributed by atoms with E-state index in [2.05, 4.69) is 20.8 Å². The Morgan fingerprint density at radius 2 is 2.00 bits per heavy atom. The molecule has 0 aromatic carbocycles. The van der Waals surface area contributed by atoms with E-state index < -0.39 is 0 Å². The Hall–Kier alpha value is 0.507. The van der Waals surface area contributed by atoms with Crippen LogP contribution in [0.25, 0.3) is 0 Å². The van der Waals surface area contributed by atoms with Gasteiger partial charge in [-0.15, -0.1) is 11.6 Å². The Morgan fingerprint density at radius 3 is 2.00 bits per heavy atom. The Balaban J connectivity index is 3.71. The fraction of sp³-hybridized carbons (Fsp3) is 1.00. The Kier molecular flexibility index (Phi) is 3.06. The fourth-order valence-corrected chi connectivity index (χ4v) is 0.408. The lowest BCUT2D eigenvalue weighted by atomic mass is 10.1. The van der Waals surface area contributed by atoms with Crippen LogP contribution in [0.3, 0.4) is 0 Å². The van der Waals surface area contributed by atoms with Crippen LogP contribution < -0.4 is 0 Å². The summed E-state index contributed by atoms with van der Waals surface area (Å²) in [5.41, 5.74) is 0. The van der Waals surface area contributed by atoms with Gasteiger partial charge in [0.15, 0.2) is 0 Å². The summed E-state index contributed by atoms with van der Waals surface area (Å²) in [5.74, 6) is 0.640. The largest absolute Gasteiger partial charge is 0.124 e. The van der Waals surface area contributed by atoms with Crippen LogP contribution in [0.15, 0.2) is 0 Å². The first kappa shape index (κ1) is 8.51. The van der Waals surface area contributed by atoms with Gasteiger partial charge >= 0.3 is 0 Å². The van der Waals surface area contributed by atoms with Crippen LogP contribution in [0.1, 0.15) is 27.2 Å². The Morgan fingerprint density at radius 1 is 1.62 bits per heavy atom. The highest BCUT2D eigenvalue weighted by Crippen LogP contribution is 2.24. The first-order valence-corrected chi connectivity index (χ1v) is 4.57. The van der Waals surface area contributed by atoms with Crippen LogP contribution in [-0.4, -0.2) is 14.7 Å². The second kappa shape index (κ2) is 2.88. The summed E-state index contributed by atoms with van der Waals surface area (Å²) >= 11 is 6.12. The molecule has 0 aromatic rings. The summed E-state index contributed by atoms with van der Waals surface area (Å²) in [6.45, 7) is 6.52. The maximum atomic E-state index is 6.12. The second-order valence-corrected chi connectivity index (χ2v) is 6.07. The Bertz CT molecular complexity index is 68.9. The van der Waals surface area contributed by atoms with Gasteiger partial charge in [-0.3, -0.25) is 0 Å². The fourth-order valence-electron chi connectivity index (χ4n) is 0.408. The molecule has 0 nitrogen and oxygen atoms in total. The molecule has 1 unspecified atom stereocenters. The minimum absolute atomic E-state index is 0.153. The molecule has 0 bridgehead atoms. The van der Waals surface area contributed by atoms with Crippen molar-refractivity contribution >= 4 is 21.8 Å². The number of hydrogen-bond acceptors (Lipinski definition) is 0. The smallest absolute Gasteiger partial charge is 0.0297 e. The van der Waals surface area contributed by atoms with Crippen LogP contribution in [0.2, 0.25) is 0 Å². The first-order chi connectivity index (χ1) is 3.50. The van der Waals surface area contributed by atoms with Crippen molar-refractivity contribution in [1.82, 2.24) is 0 Å². The van der Waals surface area contributed by atoms with Crippen molar-refractivity contribution < 1.29 is 0 Å². The minimum atomic E-state index is 0.153. The highest BCUT2D eigenvalue weighted by atomic mass is 35.5. The third-order valence-electron chi connectivity index (χ3n) is 1.90. The van der Waals surface area contributed by atoms with E-state index in [1.807, 2.05) is 0 Å². The van der Waals surface area contributed by atoms with Gasteiger partial charge in [0.25, 0.3) is 0 Å². The molecule has 0 rings (SSSR count). The molecule has 0 spiro atoms. The SMILES string of the molecule is CCC([SiH3])(Cl)C(C)C. The number of rotatable bonds is 2. The maximum Gasteiger partial charge on any atom is 0.0297 e. The summed E-state index contributed by atoms with van der Waals surface area (Å²) in [5, 5.41) is 0. The van der Waals surface area contributed by atoms with Crippen LogP contribution in [0.4, 0.5) is 0 Å². The molecule has 8 heavy (non-hydrogen) atoms. The summed E-state index contributed by atoms with van der Waals surface area (Å²) < 4.78 is 0.153. The van der Waals surface area contributed by atoms with Gasteiger partial charge in [0.1, 0.15) is 0 Å². The Labute approximate surface area is 60.0 Å². The van der Waals surface area contributed by atoms with Crippen molar-refractivity contribution in [3.8, 4) is 0 Å². The number of alkyl halides is 1. The van der Waals surface area contributed by atoms with Gasteiger partial charge < -0.3 is 0 Å². The lowest BCUT2D eigenvalue weighted by molar-refractivity contribution is 0.535. The standard InChI is InChI=1S/C6H15ClSi/c1-4-6(7,8)5(2)3/h5H,4H2,1-3,8H3. The zero-order valence-electron chi connectivity index (χ0n) is 6.16. The van der Waals surface area contributed by atoms with Crippen molar-refractivity contribution in [2.45, 2.75) is 31.7 Å². The van der Waals surface area contributed by atoms with Crippen molar-refractivity contribution in [3.05, 3.63) is 0 Å². The number of halogens is 1. The van der Waals surface area contributed by atoms with Crippen molar-refractivity contribution in [1.29, 1.82) is 0 Å². The molecule has 0 aliphatic rings. The zero-order chi connectivity index (χ0) is 6.78. The van der Waals surface area contributed by atoms with Gasteiger partial charge in [-0.25, -0.2) is 0 Å². The third kappa shape index (κ3) is 2.18. The van der Waals surface area contributed by atoms with Crippen molar-refractivity contribution in [2.24, 2.45) is 5.92 Å². The predicted molar refractivity (Wildman–Crippen MR) is 43.7 cm³/mol. The summed E-state index contributed by atoms with van der Waals surface area (Å²) in [4.78, 5) is 0. The van der Waals surface area contributed by atoms with Crippen LogP contribution >= 0.6 is 11.6 Å². The molecule has 2 heteroatoms. The topological polar surface area (TPSA) is 0 Å². The molecule has 0 heterocycles. The number of hydrogen-bond donors (Lipinski definition) is 0. The molecule has 1 atom stereocenters. The van der Waals surface area contributed by atoms with Gasteiger partial charge in [-0.1, -0.05) is 20.8 Å². The average molecular weight is 151 g/mol. The van der Waals surface area contributed by atoms with Crippen LogP contribution in [0, 0.1) is 5.92 Å². The van der Waals surface area contributed by atoms with Gasteiger partial charge in [0.05, 0.1) is 0 Å². The summed E-state index contributed by atoms with van der Waals surface area (Å²) in [6, 6.07) is 0. The van der Waals surface area contributed by atoms with Gasteiger partial charge in [0.2, 0.25) is 0 Å². The monoisotopic (exact) mass is 150 g/mol. The average Bonchev–Trinajstić information content (AvgIpc) is 1.67. The van der Waals surface area contributed by atoms with E-state index in [-0.39, 0.29) is 4.50 Å². The molecule has 0 radical (unpaired) electrons. The molecule has 50 valence electrons. The lowest BCUT2D eigenvalue weighted by Gasteiger charge is -2.24. The van der Waals surface area contributed by atoms with E-state index in [0.717, 1.165) is 16.7 Å². The highest BCUT2D eigenvalue weighted by molar-refractivity contribution is 6.44. The minimum Gasteiger partial charge on any atom is -0.124 e. The van der Waals surface area contributed by atoms with Gasteiger partial charge in [-0.2, -0.15) is 0 Å². The second-order valence-electron chi connectivity index (χ2n) is 2.79. The van der Waals surface area contributed by atoms with Crippen molar-refractivity contribution in [3.63, 3.8) is 0 Å². The molecule has 0 saturated carbocycles. The molecule has 0 saturated heterocycles. The van der Waals surface area contributed by atoms with Crippen molar-refractivity contribution in [2.75, 3.05) is 0 Å². The normalized spacial score (nSPS) is 19.1. The molecular weight excluding hydrogens is 136 g/mol. The van der Waals surface area contributed by atoms with Gasteiger partial charge in [-0.05, 0) is 12.3 Å². The molecule has 0 N–H and O–H groups in total. The van der Waals surface area contributed by atoms with E-state index in [0.29, 0.717) is 5.92 Å². The molecule has 0 aliphatic carbocycles. The molecule has 0 aliphatic heterocycles. The van der Waals surface area contributed by atoms with Gasteiger partial charge in [0, 0.05) is 14.7 Å². The van der Waals surface area contributed by atoms with Crippen LogP contribution in [0.5, 0.6) is 0 Å². The quantitative estimate of drug-likeness (QED) is 0.412. The van der Waals surface area contributed by atoms with E-state index >= 15 is 0 Å². The van der Waals surface area contributed by atoms with E-state index in [4.69, 9.17) is 11.6 Å². The van der Waals surface area contributed by atoms with E-state index in [1.165, 1.54) is 0 Å². The molecule has 0 amide bonds. The van der Waals surface area contributed by atoms with Crippen LogP contribution in [-0.2, 0) is 0 Å². The zero-order valence-corrected chi connectivity index (χ0v) is 8.92. The van der Waals surface area contributed by atoms with E-state index in [9.17, 15) is 0 Å². The predicted octanol–water partition coefficient (Wildman–Crippen LogP) is 1.35. The summed E-state index contributed by atoms with van der Waals surface area (Å²) in [7, 11) is 1.10. The summed E-state index contributed by atoms with van der Waals surface area (Å²) in [6.07, 6.45) is 1.11. The molecule has 0 aromatic heterocycles. The maximum absolute atomic E-state index is 6.12. The first-order valence-electron chi connectivity index (χ1n) is 3.19. The third-order valence-corrected chi connectivity index (χ3v) is 4.46.